The molecule has 2 heterocycles. The van der Waals surface area contributed by atoms with Crippen molar-refractivity contribution in [1.82, 2.24) is 14.8 Å². The lowest BCUT2D eigenvalue weighted by Gasteiger charge is -2.07. The molecule has 0 unspecified atom stereocenters. The fourth-order valence-corrected chi connectivity index (χ4v) is 3.47. The van der Waals surface area contributed by atoms with Crippen LogP contribution in [0.5, 0.6) is 0 Å². The van der Waals surface area contributed by atoms with Crippen molar-refractivity contribution in [3.63, 3.8) is 0 Å². The third-order valence-corrected chi connectivity index (χ3v) is 5.09. The Balaban J connectivity index is 1.82. The molecule has 2 aromatic heterocycles. The molecule has 0 aliphatic carbocycles. The average molecular weight is 422 g/mol. The monoisotopic (exact) mass is 422 g/mol. The Labute approximate surface area is 176 Å². The van der Waals surface area contributed by atoms with Crippen LogP contribution in [-0.4, -0.2) is 25.6 Å². The van der Waals surface area contributed by atoms with Crippen LogP contribution < -0.4 is 5.32 Å². The predicted molar refractivity (Wildman–Crippen MR) is 113 cm³/mol. The van der Waals surface area contributed by atoms with E-state index in [1.807, 2.05) is 6.07 Å². The summed E-state index contributed by atoms with van der Waals surface area (Å²) in [6, 6.07) is 11.4. The minimum Gasteiger partial charge on any atom is -0.317 e. The van der Waals surface area contributed by atoms with E-state index in [0.717, 1.165) is 24.3 Å². The number of carbonyl (C=O) groups is 1. The Morgan fingerprint density at radius 1 is 1.37 bits per heavy atom. The van der Waals surface area contributed by atoms with Gasteiger partial charge in [0.2, 0.25) is 5.13 Å². The van der Waals surface area contributed by atoms with Crippen LogP contribution in [0, 0.1) is 21.4 Å². The van der Waals surface area contributed by atoms with Crippen LogP contribution in [0.15, 0.2) is 48.2 Å². The maximum Gasteiger partial charge on any atom is 0.271 e. The average Bonchev–Trinajstić information content (AvgIpc) is 3.39. The molecule has 1 N–H and O–H groups in total. The summed E-state index contributed by atoms with van der Waals surface area (Å²) in [4.78, 5) is 23.1. The highest BCUT2D eigenvalue weighted by molar-refractivity contribution is 7.15. The molecule has 1 aromatic carbocycles. The number of nitro benzene ring substituents is 1. The van der Waals surface area contributed by atoms with Crippen LogP contribution in [0.25, 0.3) is 11.8 Å². The van der Waals surface area contributed by atoms with Gasteiger partial charge in [-0.2, -0.15) is 5.26 Å². The number of carbonyl (C=O) groups excluding carboxylic acids is 1. The van der Waals surface area contributed by atoms with Crippen LogP contribution in [0.1, 0.15) is 30.5 Å². The van der Waals surface area contributed by atoms with Gasteiger partial charge >= 0.3 is 0 Å². The highest BCUT2D eigenvalue weighted by atomic mass is 32.1. The number of non-ortho nitro benzene ring substituents is 1. The van der Waals surface area contributed by atoms with Crippen molar-refractivity contribution in [1.29, 1.82) is 5.26 Å². The van der Waals surface area contributed by atoms with Crippen molar-refractivity contribution in [2.24, 2.45) is 0 Å². The van der Waals surface area contributed by atoms with Crippen LogP contribution >= 0.6 is 11.3 Å². The lowest BCUT2D eigenvalue weighted by Crippen LogP contribution is -2.13. The zero-order valence-electron chi connectivity index (χ0n) is 16.1. The van der Waals surface area contributed by atoms with Crippen LogP contribution in [-0.2, 0) is 11.2 Å². The molecule has 0 saturated carbocycles. The predicted octanol–water partition coefficient (Wildman–Crippen LogP) is 4.13. The van der Waals surface area contributed by atoms with Gasteiger partial charge < -0.3 is 4.57 Å². The summed E-state index contributed by atoms with van der Waals surface area (Å²) in [5.41, 5.74) is 0.904. The number of nitriles is 1. The van der Waals surface area contributed by atoms with E-state index in [1.54, 1.807) is 35.0 Å². The largest absolute Gasteiger partial charge is 0.317 e. The second-order valence-corrected chi connectivity index (χ2v) is 7.37. The first-order chi connectivity index (χ1) is 14.5. The number of aryl methyl sites for hydroxylation is 1. The molecular formula is C20H18N6O3S. The van der Waals surface area contributed by atoms with E-state index >= 15 is 0 Å². The number of aromatic nitrogens is 3. The minimum absolute atomic E-state index is 0.0514. The van der Waals surface area contributed by atoms with Gasteiger partial charge in [-0.1, -0.05) is 30.7 Å². The lowest BCUT2D eigenvalue weighted by molar-refractivity contribution is -0.384. The maximum atomic E-state index is 12.5. The molecule has 10 heteroatoms. The number of hydrogen-bond acceptors (Lipinski definition) is 7. The molecule has 30 heavy (non-hydrogen) atoms. The highest BCUT2D eigenvalue weighted by Gasteiger charge is 2.15. The lowest BCUT2D eigenvalue weighted by atomic mass is 10.2. The first-order valence-corrected chi connectivity index (χ1v) is 10.0. The SMILES string of the molecule is CCCCc1nnc(NC(=O)C(C#N)=Cc2cccn2-c2cccc([N+](=O)[O-])c2)s1. The van der Waals surface area contributed by atoms with E-state index in [9.17, 15) is 20.2 Å². The molecular weight excluding hydrogens is 404 g/mol. The molecule has 3 aromatic rings. The Morgan fingerprint density at radius 2 is 2.20 bits per heavy atom. The van der Waals surface area contributed by atoms with E-state index in [-0.39, 0.29) is 11.3 Å². The number of unbranched alkanes of at least 4 members (excludes halogenated alkanes) is 1. The third kappa shape index (κ3) is 4.95. The molecule has 9 nitrogen and oxygen atoms in total. The van der Waals surface area contributed by atoms with Crippen molar-refractivity contribution in [3.05, 3.63) is 69.0 Å². The van der Waals surface area contributed by atoms with E-state index in [4.69, 9.17) is 0 Å². The Morgan fingerprint density at radius 3 is 2.93 bits per heavy atom. The summed E-state index contributed by atoms with van der Waals surface area (Å²) >= 11 is 1.28. The van der Waals surface area contributed by atoms with E-state index in [1.165, 1.54) is 29.5 Å². The topological polar surface area (TPSA) is 127 Å². The summed E-state index contributed by atoms with van der Waals surface area (Å²) in [5, 5.41) is 32.2. The van der Waals surface area contributed by atoms with Gasteiger partial charge in [-0.3, -0.25) is 20.2 Å². The number of rotatable bonds is 8. The van der Waals surface area contributed by atoms with Crippen molar-refractivity contribution >= 4 is 34.1 Å². The number of nitro groups is 1. The van der Waals surface area contributed by atoms with Gasteiger partial charge in [0.15, 0.2) is 0 Å². The quantitative estimate of drug-likeness (QED) is 0.252. The van der Waals surface area contributed by atoms with E-state index in [0.29, 0.717) is 16.5 Å². The van der Waals surface area contributed by atoms with Crippen molar-refractivity contribution in [3.8, 4) is 11.8 Å². The fraction of sp³-hybridized carbons (Fsp3) is 0.200. The molecule has 0 aliphatic rings. The van der Waals surface area contributed by atoms with Crippen LogP contribution in [0.3, 0.4) is 0 Å². The smallest absolute Gasteiger partial charge is 0.271 e. The van der Waals surface area contributed by atoms with Gasteiger partial charge in [-0.15, -0.1) is 10.2 Å². The molecule has 1 amide bonds. The standard InChI is InChI=1S/C20H18N6O3S/c1-2-3-9-18-23-24-20(30-18)22-19(27)14(13-21)11-15-8-5-10-25(15)16-6-4-7-17(12-16)26(28)29/h4-8,10-12H,2-3,9H2,1H3,(H,22,24,27). The number of nitrogens with one attached hydrogen (secondary N) is 1. The molecule has 0 saturated heterocycles. The van der Waals surface area contributed by atoms with Gasteiger partial charge in [0.1, 0.15) is 16.6 Å². The third-order valence-electron chi connectivity index (χ3n) is 4.19. The zero-order chi connectivity index (χ0) is 21.5. The van der Waals surface area contributed by atoms with Gasteiger partial charge in [-0.05, 0) is 30.7 Å². The van der Waals surface area contributed by atoms with Crippen molar-refractivity contribution < 1.29 is 9.72 Å². The molecule has 0 aliphatic heterocycles. The summed E-state index contributed by atoms with van der Waals surface area (Å²) in [6.45, 7) is 2.08. The molecule has 0 radical (unpaired) electrons. The molecule has 0 atom stereocenters. The first kappa shape index (κ1) is 20.9. The zero-order valence-corrected chi connectivity index (χ0v) is 16.9. The number of amides is 1. The summed E-state index contributed by atoms with van der Waals surface area (Å²) in [6.07, 6.45) is 5.94. The first-order valence-electron chi connectivity index (χ1n) is 9.19. The second-order valence-electron chi connectivity index (χ2n) is 6.31. The van der Waals surface area contributed by atoms with E-state index < -0.39 is 10.8 Å². The van der Waals surface area contributed by atoms with Crippen LogP contribution in [0.4, 0.5) is 10.8 Å². The van der Waals surface area contributed by atoms with Gasteiger partial charge in [-0.25, -0.2) is 0 Å². The van der Waals surface area contributed by atoms with Gasteiger partial charge in [0.05, 0.1) is 10.6 Å². The van der Waals surface area contributed by atoms with Crippen LogP contribution in [0.2, 0.25) is 0 Å². The number of benzene rings is 1. The van der Waals surface area contributed by atoms with Crippen molar-refractivity contribution in [2.45, 2.75) is 26.2 Å². The molecule has 0 bridgehead atoms. The minimum atomic E-state index is -0.595. The summed E-state index contributed by atoms with van der Waals surface area (Å²) in [7, 11) is 0. The Bertz CT molecular complexity index is 1140. The summed E-state index contributed by atoms with van der Waals surface area (Å²) < 4.78 is 1.66. The number of hydrogen-bond donors (Lipinski definition) is 1. The van der Waals surface area contributed by atoms with Gasteiger partial charge in [0.25, 0.3) is 11.6 Å². The molecule has 3 rings (SSSR count). The normalized spacial score (nSPS) is 11.1. The molecule has 0 spiro atoms. The highest BCUT2D eigenvalue weighted by Crippen LogP contribution is 2.21. The molecule has 152 valence electrons. The summed E-state index contributed by atoms with van der Waals surface area (Å²) in [5.74, 6) is -0.595. The van der Waals surface area contributed by atoms with Gasteiger partial charge in [0, 0.05) is 30.4 Å². The fourth-order valence-electron chi connectivity index (χ4n) is 2.70. The Hall–Kier alpha value is -3.84. The molecule has 0 fully saturated rings. The maximum absolute atomic E-state index is 12.5. The van der Waals surface area contributed by atoms with E-state index in [2.05, 4.69) is 22.4 Å². The number of nitrogens with zero attached hydrogens (tertiary/aromatic N) is 5. The number of anilines is 1. The Kier molecular flexibility index (Phi) is 6.67. The van der Waals surface area contributed by atoms with Crippen molar-refractivity contribution in [2.75, 3.05) is 5.32 Å². The second kappa shape index (κ2) is 9.58.